The van der Waals surface area contributed by atoms with Crippen LogP contribution in [0.25, 0.3) is 0 Å². The number of carboxylic acids is 1. The number of hydrogen-bond donors (Lipinski definition) is 2. The van der Waals surface area contributed by atoms with E-state index in [2.05, 4.69) is 21.2 Å². The zero-order chi connectivity index (χ0) is 14.9. The Kier molecular flexibility index (Phi) is 4.32. The van der Waals surface area contributed by atoms with Crippen LogP contribution in [0.3, 0.4) is 0 Å². The van der Waals surface area contributed by atoms with E-state index >= 15 is 0 Å². The SMILES string of the molecule is Cc1cc(C)c(NC(=O)N2CCC(C(=O)O)C2)c(Br)c1. The first-order chi connectivity index (χ1) is 9.38. The molecule has 0 aromatic heterocycles. The Morgan fingerprint density at radius 3 is 2.65 bits per heavy atom. The van der Waals surface area contributed by atoms with Gasteiger partial charge < -0.3 is 15.3 Å². The molecule has 0 aliphatic carbocycles. The standard InChI is InChI=1S/C14H17BrN2O3/c1-8-5-9(2)12(11(15)6-8)16-14(20)17-4-3-10(7-17)13(18)19/h5-6,10H,3-4,7H2,1-2H3,(H,16,20)(H,18,19). The molecule has 1 heterocycles. The first-order valence-electron chi connectivity index (χ1n) is 6.44. The van der Waals surface area contributed by atoms with Crippen LogP contribution >= 0.6 is 15.9 Å². The third kappa shape index (κ3) is 3.12. The zero-order valence-corrected chi connectivity index (χ0v) is 13.0. The van der Waals surface area contributed by atoms with Gasteiger partial charge in [-0.25, -0.2) is 4.79 Å². The van der Waals surface area contributed by atoms with Gasteiger partial charge in [-0.15, -0.1) is 0 Å². The van der Waals surface area contributed by atoms with Gasteiger partial charge in [-0.2, -0.15) is 0 Å². The third-order valence-electron chi connectivity index (χ3n) is 3.49. The second kappa shape index (κ2) is 5.83. The minimum Gasteiger partial charge on any atom is -0.481 e. The van der Waals surface area contributed by atoms with E-state index in [9.17, 15) is 9.59 Å². The van der Waals surface area contributed by atoms with E-state index in [0.717, 1.165) is 21.3 Å². The molecular weight excluding hydrogens is 324 g/mol. The summed E-state index contributed by atoms with van der Waals surface area (Å²) in [6, 6.07) is 3.68. The Morgan fingerprint density at radius 2 is 2.10 bits per heavy atom. The predicted molar refractivity (Wildman–Crippen MR) is 80.0 cm³/mol. The van der Waals surface area contributed by atoms with Crippen molar-refractivity contribution in [1.82, 2.24) is 4.90 Å². The van der Waals surface area contributed by atoms with Gasteiger partial charge in [-0.1, -0.05) is 6.07 Å². The molecule has 0 bridgehead atoms. The molecule has 5 nitrogen and oxygen atoms in total. The van der Waals surface area contributed by atoms with Gasteiger partial charge in [-0.05, 0) is 53.4 Å². The van der Waals surface area contributed by atoms with Crippen LogP contribution in [0.1, 0.15) is 17.5 Å². The first-order valence-corrected chi connectivity index (χ1v) is 7.23. The average molecular weight is 341 g/mol. The van der Waals surface area contributed by atoms with Gasteiger partial charge in [0.15, 0.2) is 0 Å². The molecule has 6 heteroatoms. The Bertz CT molecular complexity index is 536. The highest BCUT2D eigenvalue weighted by Crippen LogP contribution is 2.28. The van der Waals surface area contributed by atoms with Gasteiger partial charge in [0.25, 0.3) is 0 Å². The summed E-state index contributed by atoms with van der Waals surface area (Å²) in [7, 11) is 0. The van der Waals surface area contributed by atoms with E-state index in [1.165, 1.54) is 0 Å². The second-order valence-electron chi connectivity index (χ2n) is 5.14. The average Bonchev–Trinajstić information content (AvgIpc) is 2.83. The number of urea groups is 1. The lowest BCUT2D eigenvalue weighted by molar-refractivity contribution is -0.141. The van der Waals surface area contributed by atoms with Crippen molar-refractivity contribution in [2.45, 2.75) is 20.3 Å². The van der Waals surface area contributed by atoms with Gasteiger partial charge in [-0.3, -0.25) is 4.79 Å². The van der Waals surface area contributed by atoms with Crippen molar-refractivity contribution in [2.75, 3.05) is 18.4 Å². The number of carboxylic acid groups (broad SMARTS) is 1. The number of aliphatic carboxylic acids is 1. The van der Waals surface area contributed by atoms with E-state index in [1.807, 2.05) is 26.0 Å². The maximum Gasteiger partial charge on any atom is 0.321 e. The number of likely N-dealkylation sites (tertiary alicyclic amines) is 1. The molecule has 2 N–H and O–H groups in total. The quantitative estimate of drug-likeness (QED) is 0.869. The number of benzene rings is 1. The second-order valence-corrected chi connectivity index (χ2v) is 5.99. The van der Waals surface area contributed by atoms with Gasteiger partial charge >= 0.3 is 12.0 Å². The van der Waals surface area contributed by atoms with Crippen molar-refractivity contribution in [3.8, 4) is 0 Å². The van der Waals surface area contributed by atoms with Gasteiger partial charge in [0.1, 0.15) is 0 Å². The number of amides is 2. The summed E-state index contributed by atoms with van der Waals surface area (Å²) in [6.07, 6.45) is 0.511. The Hall–Kier alpha value is -1.56. The number of carbonyl (C=O) groups excluding carboxylic acids is 1. The number of hydrogen-bond acceptors (Lipinski definition) is 2. The van der Waals surface area contributed by atoms with Crippen LogP contribution in [-0.2, 0) is 4.79 Å². The molecule has 2 rings (SSSR count). The fourth-order valence-corrected chi connectivity index (χ4v) is 3.18. The molecule has 0 radical (unpaired) electrons. The van der Waals surface area contributed by atoms with Crippen molar-refractivity contribution in [2.24, 2.45) is 5.92 Å². The summed E-state index contributed by atoms with van der Waals surface area (Å²) >= 11 is 3.44. The highest BCUT2D eigenvalue weighted by molar-refractivity contribution is 9.10. The molecule has 1 unspecified atom stereocenters. The van der Waals surface area contributed by atoms with Gasteiger partial charge in [0.2, 0.25) is 0 Å². The topological polar surface area (TPSA) is 69.6 Å². The molecule has 2 amide bonds. The minimum atomic E-state index is -0.840. The normalized spacial score (nSPS) is 18.1. The summed E-state index contributed by atoms with van der Waals surface area (Å²) in [4.78, 5) is 24.6. The molecule has 1 saturated heterocycles. The Morgan fingerprint density at radius 1 is 1.40 bits per heavy atom. The van der Waals surface area contributed by atoms with Crippen molar-refractivity contribution < 1.29 is 14.7 Å². The molecule has 1 aromatic rings. The number of halogens is 1. The van der Waals surface area contributed by atoms with Crippen LogP contribution in [0.5, 0.6) is 0 Å². The number of nitrogens with zero attached hydrogens (tertiary/aromatic N) is 1. The molecule has 1 fully saturated rings. The molecule has 0 saturated carbocycles. The highest BCUT2D eigenvalue weighted by atomic mass is 79.9. The first kappa shape index (κ1) is 14.8. The van der Waals surface area contributed by atoms with Crippen LogP contribution in [0.15, 0.2) is 16.6 Å². The van der Waals surface area contributed by atoms with Crippen molar-refractivity contribution in [3.63, 3.8) is 0 Å². The molecular formula is C14H17BrN2O3. The van der Waals surface area contributed by atoms with Crippen molar-refractivity contribution in [3.05, 3.63) is 27.7 Å². The van der Waals surface area contributed by atoms with E-state index in [-0.39, 0.29) is 12.6 Å². The molecule has 1 aliphatic heterocycles. The van der Waals surface area contributed by atoms with Crippen LogP contribution in [0.2, 0.25) is 0 Å². The summed E-state index contributed by atoms with van der Waals surface area (Å²) in [5.74, 6) is -1.30. The monoisotopic (exact) mass is 340 g/mol. The third-order valence-corrected chi connectivity index (χ3v) is 4.11. The molecule has 20 heavy (non-hydrogen) atoms. The fourth-order valence-electron chi connectivity index (χ4n) is 2.41. The molecule has 1 aliphatic rings. The lowest BCUT2D eigenvalue weighted by Gasteiger charge is -2.19. The summed E-state index contributed by atoms with van der Waals surface area (Å²) in [5.41, 5.74) is 2.82. The fraction of sp³-hybridized carbons (Fsp3) is 0.429. The maximum atomic E-state index is 12.2. The van der Waals surface area contributed by atoms with Crippen molar-refractivity contribution in [1.29, 1.82) is 0 Å². The lowest BCUT2D eigenvalue weighted by atomic mass is 10.1. The summed E-state index contributed by atoms with van der Waals surface area (Å²) < 4.78 is 0.831. The number of anilines is 1. The van der Waals surface area contributed by atoms with Crippen LogP contribution in [-0.4, -0.2) is 35.1 Å². The maximum absolute atomic E-state index is 12.2. The van der Waals surface area contributed by atoms with E-state index in [0.29, 0.717) is 13.0 Å². The molecule has 1 aromatic carbocycles. The Labute approximate surface area is 126 Å². The molecule has 108 valence electrons. The number of rotatable bonds is 2. The van der Waals surface area contributed by atoms with E-state index in [4.69, 9.17) is 5.11 Å². The van der Waals surface area contributed by atoms with Crippen LogP contribution in [0.4, 0.5) is 10.5 Å². The van der Waals surface area contributed by atoms with E-state index in [1.54, 1.807) is 4.90 Å². The smallest absolute Gasteiger partial charge is 0.321 e. The largest absolute Gasteiger partial charge is 0.481 e. The highest BCUT2D eigenvalue weighted by Gasteiger charge is 2.31. The van der Waals surface area contributed by atoms with Crippen molar-refractivity contribution >= 4 is 33.6 Å². The number of aryl methyl sites for hydroxylation is 2. The predicted octanol–water partition coefficient (Wildman–Crippen LogP) is 3.00. The molecule has 1 atom stereocenters. The number of nitrogens with one attached hydrogen (secondary N) is 1. The number of carbonyl (C=O) groups is 2. The lowest BCUT2D eigenvalue weighted by Crippen LogP contribution is -2.34. The van der Waals surface area contributed by atoms with Crippen LogP contribution < -0.4 is 5.32 Å². The zero-order valence-electron chi connectivity index (χ0n) is 11.4. The molecule has 0 spiro atoms. The van der Waals surface area contributed by atoms with Crippen LogP contribution in [0, 0.1) is 19.8 Å². The summed E-state index contributed by atoms with van der Waals surface area (Å²) in [6.45, 7) is 4.66. The minimum absolute atomic E-state index is 0.249. The van der Waals surface area contributed by atoms with Gasteiger partial charge in [0.05, 0.1) is 11.6 Å². The van der Waals surface area contributed by atoms with E-state index < -0.39 is 11.9 Å². The Balaban J connectivity index is 2.08. The van der Waals surface area contributed by atoms with Gasteiger partial charge in [0, 0.05) is 17.6 Å². The summed E-state index contributed by atoms with van der Waals surface area (Å²) in [5, 5.41) is 11.8.